The van der Waals surface area contributed by atoms with Gasteiger partial charge < -0.3 is 15.0 Å². The molecule has 0 aromatic heterocycles. The number of anilines is 2. The van der Waals surface area contributed by atoms with Crippen LogP contribution in [0.5, 0.6) is 0 Å². The summed E-state index contributed by atoms with van der Waals surface area (Å²) in [6.45, 7) is 4.63. The molecule has 9 heteroatoms. The lowest BCUT2D eigenvalue weighted by Gasteiger charge is -2.26. The highest BCUT2D eigenvalue weighted by Gasteiger charge is 2.45. The van der Waals surface area contributed by atoms with E-state index in [-0.39, 0.29) is 23.3 Å². The molecular formula is C26H27N3O5S. The summed E-state index contributed by atoms with van der Waals surface area (Å²) in [7, 11) is -3.71. The smallest absolute Gasteiger partial charge is 0.244 e. The van der Waals surface area contributed by atoms with Crippen molar-refractivity contribution in [2.24, 2.45) is 0 Å². The highest BCUT2D eigenvalue weighted by Crippen LogP contribution is 2.42. The quantitative estimate of drug-likeness (QED) is 0.589. The van der Waals surface area contributed by atoms with E-state index in [0.29, 0.717) is 43.2 Å². The predicted octanol–water partition coefficient (Wildman–Crippen LogP) is 3.12. The lowest BCUT2D eigenvalue weighted by atomic mass is 9.86. The zero-order valence-corrected chi connectivity index (χ0v) is 20.5. The average Bonchev–Trinajstić information content (AvgIpc) is 3.05. The number of hydrogen-bond donors (Lipinski definition) is 1. The Bertz CT molecular complexity index is 1420. The number of nitrogens with one attached hydrogen (secondary N) is 1. The number of fused-ring (bicyclic) bond motifs is 2. The summed E-state index contributed by atoms with van der Waals surface area (Å²) in [5, 5.41) is 4.84. The Morgan fingerprint density at radius 1 is 1.03 bits per heavy atom. The zero-order chi connectivity index (χ0) is 24.8. The number of benzene rings is 3. The van der Waals surface area contributed by atoms with Crippen LogP contribution in [0.2, 0.25) is 0 Å². The minimum absolute atomic E-state index is 0.140. The second-order valence-corrected chi connectivity index (χ2v) is 11.2. The first-order chi connectivity index (χ1) is 16.7. The lowest BCUT2D eigenvalue weighted by Crippen LogP contribution is -2.41. The molecule has 182 valence electrons. The molecule has 0 aliphatic carbocycles. The van der Waals surface area contributed by atoms with Crippen molar-refractivity contribution >= 4 is 44.0 Å². The van der Waals surface area contributed by atoms with Crippen LogP contribution in [0, 0.1) is 0 Å². The minimum atomic E-state index is -3.71. The van der Waals surface area contributed by atoms with Crippen molar-refractivity contribution in [2.75, 3.05) is 43.1 Å². The molecule has 3 aromatic carbocycles. The molecule has 2 heterocycles. The number of rotatable bonds is 5. The number of ether oxygens (including phenoxy) is 1. The molecule has 0 unspecified atom stereocenters. The molecule has 2 aliphatic rings. The summed E-state index contributed by atoms with van der Waals surface area (Å²) in [6.07, 6.45) is 0. The van der Waals surface area contributed by atoms with Gasteiger partial charge in [-0.1, -0.05) is 36.4 Å². The average molecular weight is 494 g/mol. The monoisotopic (exact) mass is 493 g/mol. The van der Waals surface area contributed by atoms with Crippen LogP contribution in [-0.2, 0) is 29.8 Å². The number of carbonyl (C=O) groups excluding carboxylic acids is 2. The van der Waals surface area contributed by atoms with E-state index >= 15 is 0 Å². The standard InChI is InChI=1S/C26H27N3O5S/c1-26(2)21-16-19(35(32,33)28-12-14-34-15-13-28)10-11-23(21)29(25(26)31)17-24(30)27-22-9-5-7-18-6-3-4-8-20(18)22/h3-11,16H,12-15,17H2,1-2H3,(H,27,30). The molecule has 5 rings (SSSR count). The molecule has 8 nitrogen and oxygen atoms in total. The van der Waals surface area contributed by atoms with Crippen molar-refractivity contribution in [3.05, 3.63) is 66.2 Å². The highest BCUT2D eigenvalue weighted by molar-refractivity contribution is 7.89. The van der Waals surface area contributed by atoms with E-state index in [1.54, 1.807) is 26.0 Å². The van der Waals surface area contributed by atoms with Crippen molar-refractivity contribution in [3.8, 4) is 0 Å². The maximum Gasteiger partial charge on any atom is 0.244 e. The molecule has 0 bridgehead atoms. The van der Waals surface area contributed by atoms with Crippen LogP contribution in [0.15, 0.2) is 65.6 Å². The van der Waals surface area contributed by atoms with E-state index in [0.717, 1.165) is 10.8 Å². The van der Waals surface area contributed by atoms with Gasteiger partial charge in [0.2, 0.25) is 21.8 Å². The number of sulfonamides is 1. The number of hydrogen-bond acceptors (Lipinski definition) is 5. The van der Waals surface area contributed by atoms with Gasteiger partial charge in [0.15, 0.2) is 0 Å². The molecule has 1 fully saturated rings. The summed E-state index contributed by atoms with van der Waals surface area (Å²) < 4.78 is 33.0. The van der Waals surface area contributed by atoms with E-state index in [4.69, 9.17) is 4.74 Å². The maximum atomic E-state index is 13.3. The van der Waals surface area contributed by atoms with Gasteiger partial charge in [0, 0.05) is 29.9 Å². The van der Waals surface area contributed by atoms with E-state index < -0.39 is 15.4 Å². The molecule has 0 radical (unpaired) electrons. The minimum Gasteiger partial charge on any atom is -0.379 e. The number of amides is 2. The SMILES string of the molecule is CC1(C)C(=O)N(CC(=O)Nc2cccc3ccccc23)c2ccc(S(=O)(=O)N3CCOCC3)cc21. The van der Waals surface area contributed by atoms with Crippen molar-refractivity contribution < 1.29 is 22.7 Å². The van der Waals surface area contributed by atoms with Gasteiger partial charge in [-0.3, -0.25) is 9.59 Å². The van der Waals surface area contributed by atoms with E-state index in [9.17, 15) is 18.0 Å². The van der Waals surface area contributed by atoms with Gasteiger partial charge in [-0.2, -0.15) is 4.31 Å². The van der Waals surface area contributed by atoms with E-state index in [2.05, 4.69) is 5.32 Å². The Balaban J connectivity index is 1.42. The molecule has 3 aromatic rings. The van der Waals surface area contributed by atoms with E-state index in [1.165, 1.54) is 15.3 Å². The molecule has 1 saturated heterocycles. The van der Waals surface area contributed by atoms with Gasteiger partial charge in [-0.15, -0.1) is 0 Å². The van der Waals surface area contributed by atoms with Gasteiger partial charge in [-0.05, 0) is 49.1 Å². The highest BCUT2D eigenvalue weighted by atomic mass is 32.2. The van der Waals surface area contributed by atoms with Crippen LogP contribution >= 0.6 is 0 Å². The molecule has 35 heavy (non-hydrogen) atoms. The van der Waals surface area contributed by atoms with E-state index in [1.807, 2.05) is 42.5 Å². The Hall–Kier alpha value is -3.27. The predicted molar refractivity (Wildman–Crippen MR) is 134 cm³/mol. The third kappa shape index (κ3) is 4.09. The van der Waals surface area contributed by atoms with Crippen molar-refractivity contribution in [1.82, 2.24) is 4.31 Å². The Morgan fingerprint density at radius 3 is 2.51 bits per heavy atom. The van der Waals surface area contributed by atoms with Crippen LogP contribution < -0.4 is 10.2 Å². The Labute approximate surface area is 204 Å². The summed E-state index contributed by atoms with van der Waals surface area (Å²) in [4.78, 5) is 27.9. The van der Waals surface area contributed by atoms with Crippen LogP contribution in [0.25, 0.3) is 10.8 Å². The van der Waals surface area contributed by atoms with Gasteiger partial charge in [0.05, 0.1) is 23.5 Å². The molecular weight excluding hydrogens is 466 g/mol. The summed E-state index contributed by atoms with van der Waals surface area (Å²) in [6, 6.07) is 18.1. The summed E-state index contributed by atoms with van der Waals surface area (Å²) in [5.74, 6) is -0.579. The second kappa shape index (κ2) is 8.75. The first kappa shape index (κ1) is 23.5. The second-order valence-electron chi connectivity index (χ2n) is 9.29. The van der Waals surface area contributed by atoms with Crippen LogP contribution in [-0.4, -0.2) is 57.4 Å². The van der Waals surface area contributed by atoms with Crippen molar-refractivity contribution in [1.29, 1.82) is 0 Å². The summed E-state index contributed by atoms with van der Waals surface area (Å²) in [5.41, 5.74) is 0.848. The topological polar surface area (TPSA) is 96.0 Å². The number of nitrogens with zero attached hydrogens (tertiary/aromatic N) is 2. The van der Waals surface area contributed by atoms with Gasteiger partial charge in [0.25, 0.3) is 0 Å². The first-order valence-corrected chi connectivity index (χ1v) is 13.0. The fraction of sp³-hybridized carbons (Fsp3) is 0.308. The van der Waals surface area contributed by atoms with Crippen LogP contribution in [0.3, 0.4) is 0 Å². The number of carbonyl (C=O) groups is 2. The van der Waals surface area contributed by atoms with Gasteiger partial charge in [0.1, 0.15) is 6.54 Å². The molecule has 0 saturated carbocycles. The third-order valence-corrected chi connectivity index (χ3v) is 8.58. The Kier molecular flexibility index (Phi) is 5.86. The number of morpholine rings is 1. The molecule has 0 atom stereocenters. The lowest BCUT2D eigenvalue weighted by molar-refractivity contribution is -0.124. The van der Waals surface area contributed by atoms with Gasteiger partial charge >= 0.3 is 0 Å². The first-order valence-electron chi connectivity index (χ1n) is 11.5. The van der Waals surface area contributed by atoms with Crippen LogP contribution in [0.1, 0.15) is 19.4 Å². The molecule has 0 spiro atoms. The summed E-state index contributed by atoms with van der Waals surface area (Å²) >= 11 is 0. The zero-order valence-electron chi connectivity index (χ0n) is 19.7. The fourth-order valence-corrected chi connectivity index (χ4v) is 6.17. The van der Waals surface area contributed by atoms with Crippen molar-refractivity contribution in [3.63, 3.8) is 0 Å². The Morgan fingerprint density at radius 2 is 1.74 bits per heavy atom. The fourth-order valence-electron chi connectivity index (χ4n) is 4.73. The largest absolute Gasteiger partial charge is 0.379 e. The maximum absolute atomic E-state index is 13.3. The third-order valence-electron chi connectivity index (χ3n) is 6.69. The van der Waals surface area contributed by atoms with Crippen LogP contribution in [0.4, 0.5) is 11.4 Å². The molecule has 2 aliphatic heterocycles. The molecule has 1 N–H and O–H groups in total. The molecule has 2 amide bonds. The normalized spacial score (nSPS) is 18.0. The van der Waals surface area contributed by atoms with Gasteiger partial charge in [-0.25, -0.2) is 8.42 Å². The van der Waals surface area contributed by atoms with Crippen molar-refractivity contribution in [2.45, 2.75) is 24.2 Å².